The highest BCUT2D eigenvalue weighted by Crippen LogP contribution is 2.12. The summed E-state index contributed by atoms with van der Waals surface area (Å²) in [6.45, 7) is -1.20. The van der Waals surface area contributed by atoms with Gasteiger partial charge in [0, 0.05) is 7.05 Å². The number of anilines is 3. The summed E-state index contributed by atoms with van der Waals surface area (Å²) in [6.07, 6.45) is 0. The number of aliphatic hydroxyl groups excluding tert-OH is 3. The zero-order valence-corrected chi connectivity index (χ0v) is 8.78. The number of aromatic nitrogens is 3. The van der Waals surface area contributed by atoms with Crippen molar-refractivity contribution < 1.29 is 15.3 Å². The van der Waals surface area contributed by atoms with Crippen LogP contribution in [0.25, 0.3) is 0 Å². The van der Waals surface area contributed by atoms with Gasteiger partial charge in [0.2, 0.25) is 17.8 Å². The monoisotopic (exact) mass is 230 g/mol. The molecule has 0 radical (unpaired) electrons. The van der Waals surface area contributed by atoms with Crippen LogP contribution in [0.4, 0.5) is 17.8 Å². The maximum atomic E-state index is 8.92. The summed E-state index contributed by atoms with van der Waals surface area (Å²) < 4.78 is 0. The highest BCUT2D eigenvalue weighted by Gasteiger charge is 2.12. The van der Waals surface area contributed by atoms with Crippen LogP contribution in [0.2, 0.25) is 0 Å². The molecule has 0 unspecified atom stereocenters. The van der Waals surface area contributed by atoms with Gasteiger partial charge in [-0.25, -0.2) is 0 Å². The third-order valence-corrected chi connectivity index (χ3v) is 1.81. The Labute approximate surface area is 91.8 Å². The Morgan fingerprint density at radius 1 is 1.00 bits per heavy atom. The van der Waals surface area contributed by atoms with Gasteiger partial charge < -0.3 is 26.0 Å². The molecule has 0 aliphatic heterocycles. The Morgan fingerprint density at radius 3 is 2.06 bits per heavy atom. The van der Waals surface area contributed by atoms with Crippen LogP contribution < -0.4 is 15.5 Å². The van der Waals surface area contributed by atoms with E-state index in [1.807, 2.05) is 0 Å². The summed E-state index contributed by atoms with van der Waals surface area (Å²) in [5.74, 6) is 0.122. The van der Waals surface area contributed by atoms with E-state index in [0.717, 1.165) is 4.90 Å². The first-order valence-electron chi connectivity index (χ1n) is 4.42. The first kappa shape index (κ1) is 12.4. The van der Waals surface area contributed by atoms with Gasteiger partial charge >= 0.3 is 0 Å². The summed E-state index contributed by atoms with van der Waals surface area (Å²) in [7, 11) is 1.56. The van der Waals surface area contributed by atoms with Crippen LogP contribution in [0.15, 0.2) is 0 Å². The number of nitrogen functional groups attached to an aromatic ring is 1. The molecule has 0 bridgehead atoms. The SMILES string of the molecule is CN(CO)c1nc(N)nc(N(CO)CO)n1. The van der Waals surface area contributed by atoms with Crippen molar-refractivity contribution in [3.8, 4) is 0 Å². The smallest absolute Gasteiger partial charge is 0.235 e. The molecular formula is C7H14N6O3. The molecule has 0 fully saturated rings. The van der Waals surface area contributed by atoms with Crippen molar-refractivity contribution in [2.45, 2.75) is 0 Å². The van der Waals surface area contributed by atoms with Crippen molar-refractivity contribution >= 4 is 17.8 Å². The summed E-state index contributed by atoms with van der Waals surface area (Å²) in [4.78, 5) is 13.9. The van der Waals surface area contributed by atoms with Crippen LogP contribution in [0, 0.1) is 0 Å². The summed E-state index contributed by atoms with van der Waals surface area (Å²) in [5, 5.41) is 26.7. The number of aliphatic hydroxyl groups is 3. The van der Waals surface area contributed by atoms with Crippen molar-refractivity contribution in [1.82, 2.24) is 15.0 Å². The minimum Gasteiger partial charge on any atom is -0.376 e. The molecular weight excluding hydrogens is 216 g/mol. The van der Waals surface area contributed by atoms with Gasteiger partial charge in [-0.2, -0.15) is 15.0 Å². The van der Waals surface area contributed by atoms with Crippen LogP contribution in [0.5, 0.6) is 0 Å². The molecule has 9 heteroatoms. The number of rotatable bonds is 5. The van der Waals surface area contributed by atoms with E-state index in [0.29, 0.717) is 0 Å². The summed E-state index contributed by atoms with van der Waals surface area (Å²) >= 11 is 0. The normalized spacial score (nSPS) is 10.2. The summed E-state index contributed by atoms with van der Waals surface area (Å²) in [5.41, 5.74) is 5.44. The number of hydrogen-bond donors (Lipinski definition) is 4. The van der Waals surface area contributed by atoms with E-state index >= 15 is 0 Å². The Hall–Kier alpha value is -1.71. The molecule has 1 rings (SSSR count). The van der Waals surface area contributed by atoms with Gasteiger partial charge in [-0.15, -0.1) is 0 Å². The van der Waals surface area contributed by atoms with Crippen LogP contribution in [0.1, 0.15) is 0 Å². The van der Waals surface area contributed by atoms with Crippen LogP contribution in [-0.4, -0.2) is 57.5 Å². The van der Waals surface area contributed by atoms with Crippen LogP contribution >= 0.6 is 0 Å². The van der Waals surface area contributed by atoms with Crippen molar-refractivity contribution in [3.63, 3.8) is 0 Å². The standard InChI is InChI=1S/C7H14N6O3/c1-12(2-14)6-9-5(8)10-7(11-6)13(3-15)4-16/h14-16H,2-4H2,1H3,(H2,8,9,10,11). The topological polar surface area (TPSA) is 132 Å². The van der Waals surface area contributed by atoms with E-state index in [1.54, 1.807) is 7.05 Å². The van der Waals surface area contributed by atoms with Crippen molar-refractivity contribution in [2.75, 3.05) is 42.8 Å². The van der Waals surface area contributed by atoms with Gasteiger partial charge in [-0.1, -0.05) is 0 Å². The highest BCUT2D eigenvalue weighted by molar-refractivity contribution is 5.42. The number of nitrogens with two attached hydrogens (primary N) is 1. The Bertz CT molecular complexity index is 345. The predicted molar refractivity (Wildman–Crippen MR) is 56.4 cm³/mol. The maximum Gasteiger partial charge on any atom is 0.235 e. The maximum absolute atomic E-state index is 8.92. The molecule has 0 aliphatic carbocycles. The van der Waals surface area contributed by atoms with E-state index in [4.69, 9.17) is 21.1 Å². The van der Waals surface area contributed by atoms with Crippen LogP contribution in [-0.2, 0) is 0 Å². The minimum absolute atomic E-state index is 0.0350. The molecule has 0 saturated heterocycles. The highest BCUT2D eigenvalue weighted by atomic mass is 16.3. The molecule has 1 aromatic rings. The van der Waals surface area contributed by atoms with E-state index in [-0.39, 0.29) is 24.6 Å². The van der Waals surface area contributed by atoms with Crippen LogP contribution in [0.3, 0.4) is 0 Å². The van der Waals surface area contributed by atoms with Crippen molar-refractivity contribution in [2.24, 2.45) is 0 Å². The average molecular weight is 230 g/mol. The average Bonchev–Trinajstić information content (AvgIpc) is 2.29. The lowest BCUT2D eigenvalue weighted by molar-refractivity contribution is 0.220. The lowest BCUT2D eigenvalue weighted by Crippen LogP contribution is -2.29. The van der Waals surface area contributed by atoms with Gasteiger partial charge in [0.05, 0.1) is 0 Å². The van der Waals surface area contributed by atoms with E-state index in [2.05, 4.69) is 15.0 Å². The van der Waals surface area contributed by atoms with Gasteiger partial charge in [0.15, 0.2) is 0 Å². The summed E-state index contributed by atoms with van der Waals surface area (Å²) in [6, 6.07) is 0. The molecule has 0 amide bonds. The molecule has 9 nitrogen and oxygen atoms in total. The van der Waals surface area contributed by atoms with Gasteiger partial charge in [-0.3, -0.25) is 4.90 Å². The van der Waals surface area contributed by atoms with Gasteiger partial charge in [-0.05, 0) is 0 Å². The lowest BCUT2D eigenvalue weighted by Gasteiger charge is -2.19. The minimum atomic E-state index is -0.456. The van der Waals surface area contributed by atoms with Crippen molar-refractivity contribution in [3.05, 3.63) is 0 Å². The Morgan fingerprint density at radius 2 is 1.56 bits per heavy atom. The molecule has 16 heavy (non-hydrogen) atoms. The zero-order valence-electron chi connectivity index (χ0n) is 8.78. The number of hydrogen-bond acceptors (Lipinski definition) is 9. The molecule has 0 saturated carbocycles. The zero-order chi connectivity index (χ0) is 12.1. The lowest BCUT2D eigenvalue weighted by atomic mass is 10.7. The fourth-order valence-corrected chi connectivity index (χ4v) is 0.916. The second-order valence-electron chi connectivity index (χ2n) is 2.96. The van der Waals surface area contributed by atoms with Gasteiger partial charge in [0.25, 0.3) is 0 Å². The van der Waals surface area contributed by atoms with Crippen molar-refractivity contribution in [1.29, 1.82) is 0 Å². The molecule has 90 valence electrons. The fraction of sp³-hybridized carbons (Fsp3) is 0.571. The molecule has 0 spiro atoms. The van der Waals surface area contributed by atoms with E-state index in [9.17, 15) is 0 Å². The molecule has 0 atom stereocenters. The molecule has 5 N–H and O–H groups in total. The second kappa shape index (κ2) is 5.39. The largest absolute Gasteiger partial charge is 0.376 e. The third kappa shape index (κ3) is 2.66. The second-order valence-corrected chi connectivity index (χ2v) is 2.96. The Kier molecular flexibility index (Phi) is 4.17. The predicted octanol–water partition coefficient (Wildman–Crippen LogP) is -2.45. The molecule has 0 aliphatic rings. The van der Waals surface area contributed by atoms with E-state index in [1.165, 1.54) is 4.90 Å². The number of nitrogens with zero attached hydrogens (tertiary/aromatic N) is 5. The molecule has 1 heterocycles. The fourth-order valence-electron chi connectivity index (χ4n) is 0.916. The quantitative estimate of drug-likeness (QED) is 0.407. The van der Waals surface area contributed by atoms with E-state index < -0.39 is 13.5 Å². The first-order valence-corrected chi connectivity index (χ1v) is 4.42. The van der Waals surface area contributed by atoms with Gasteiger partial charge in [0.1, 0.15) is 20.2 Å². The molecule has 0 aromatic carbocycles. The first-order chi connectivity index (χ1) is 7.62. The Balaban J connectivity index is 3.06. The molecule has 1 aromatic heterocycles. The third-order valence-electron chi connectivity index (χ3n) is 1.81.